The van der Waals surface area contributed by atoms with E-state index in [4.69, 9.17) is 17.4 Å². The maximum absolute atomic E-state index is 13.1. The second kappa shape index (κ2) is 3.10. The summed E-state index contributed by atoms with van der Waals surface area (Å²) >= 11 is 6.87. The summed E-state index contributed by atoms with van der Waals surface area (Å²) in [5, 5.41) is 0. The number of thiazole rings is 1. The molecule has 68 valence electrons. The van der Waals surface area contributed by atoms with Gasteiger partial charge in [-0.15, -0.1) is 11.3 Å². The van der Waals surface area contributed by atoms with E-state index < -0.39 is 5.82 Å². The average Bonchev–Trinajstić information content (AvgIpc) is 2.45. The highest BCUT2D eigenvalue weighted by Crippen LogP contribution is 2.32. The molecular weight excluding hydrogens is 213 g/mol. The summed E-state index contributed by atoms with van der Waals surface area (Å²) < 4.78 is 14.1. The number of fused-ring (bicyclic) bond motifs is 1. The summed E-state index contributed by atoms with van der Waals surface area (Å²) in [5.74, 6) is 4.76. The maximum atomic E-state index is 13.1. The second-order valence-electron chi connectivity index (χ2n) is 2.38. The highest BCUT2D eigenvalue weighted by Gasteiger charge is 2.10. The number of nitrogens with zero attached hydrogens (tertiary/aromatic N) is 1. The first kappa shape index (κ1) is 8.68. The molecule has 0 atom stereocenters. The average molecular weight is 218 g/mol. The van der Waals surface area contributed by atoms with Gasteiger partial charge >= 0.3 is 0 Å². The van der Waals surface area contributed by atoms with Crippen LogP contribution in [-0.2, 0) is 0 Å². The number of halogens is 2. The van der Waals surface area contributed by atoms with Gasteiger partial charge in [0.2, 0.25) is 0 Å². The van der Waals surface area contributed by atoms with Crippen molar-refractivity contribution in [2.24, 2.45) is 5.84 Å². The van der Waals surface area contributed by atoms with Crippen LogP contribution in [0.4, 0.5) is 10.1 Å². The molecule has 0 aliphatic rings. The number of nitrogens with one attached hydrogen (secondary N) is 1. The first-order chi connectivity index (χ1) is 6.22. The number of hydrazine groups is 1. The lowest BCUT2D eigenvalue weighted by molar-refractivity contribution is 0.632. The molecule has 0 amide bonds. The number of hydrogen-bond donors (Lipinski definition) is 2. The van der Waals surface area contributed by atoms with E-state index in [1.54, 1.807) is 6.07 Å². The largest absolute Gasteiger partial charge is 0.320 e. The Morgan fingerprint density at radius 2 is 2.31 bits per heavy atom. The van der Waals surface area contributed by atoms with Crippen molar-refractivity contribution in [2.45, 2.75) is 0 Å². The van der Waals surface area contributed by atoms with Gasteiger partial charge in [-0.2, -0.15) is 0 Å². The van der Waals surface area contributed by atoms with E-state index in [9.17, 15) is 4.39 Å². The Balaban J connectivity index is 2.82. The molecule has 3 N–H and O–H groups in total. The number of anilines is 1. The summed E-state index contributed by atoms with van der Waals surface area (Å²) in [6.07, 6.45) is 0. The quantitative estimate of drug-likeness (QED) is 0.570. The molecular formula is C7H5ClFN3S. The monoisotopic (exact) mass is 217 g/mol. The zero-order chi connectivity index (χ0) is 9.42. The molecule has 0 aliphatic carbocycles. The fraction of sp³-hybridized carbons (Fsp3) is 0. The lowest BCUT2D eigenvalue weighted by Gasteiger charge is -2.01. The molecule has 2 aromatic rings. The van der Waals surface area contributed by atoms with Gasteiger partial charge in [0.25, 0.3) is 0 Å². The van der Waals surface area contributed by atoms with E-state index in [1.165, 1.54) is 17.4 Å². The molecule has 0 aliphatic heterocycles. The van der Waals surface area contributed by atoms with Crippen molar-refractivity contribution in [3.05, 3.63) is 22.4 Å². The van der Waals surface area contributed by atoms with Crippen LogP contribution >= 0.6 is 22.9 Å². The van der Waals surface area contributed by atoms with Crippen LogP contribution in [0, 0.1) is 5.82 Å². The Bertz CT molecular complexity index is 456. The fourth-order valence-electron chi connectivity index (χ4n) is 1.08. The van der Waals surface area contributed by atoms with Crippen LogP contribution < -0.4 is 11.3 Å². The molecule has 0 radical (unpaired) electrons. The van der Waals surface area contributed by atoms with Crippen LogP contribution in [-0.4, -0.2) is 4.98 Å². The fourth-order valence-corrected chi connectivity index (χ4v) is 2.19. The third-order valence-electron chi connectivity index (χ3n) is 1.63. The molecule has 13 heavy (non-hydrogen) atoms. The minimum Gasteiger partial charge on any atom is -0.320 e. The van der Waals surface area contributed by atoms with Crippen molar-refractivity contribution in [1.82, 2.24) is 4.98 Å². The summed E-state index contributed by atoms with van der Waals surface area (Å²) in [6.45, 7) is 0. The molecule has 1 aromatic carbocycles. The molecule has 2 rings (SSSR count). The number of aromatic nitrogens is 1. The van der Waals surface area contributed by atoms with E-state index >= 15 is 0 Å². The van der Waals surface area contributed by atoms with Crippen molar-refractivity contribution >= 4 is 38.8 Å². The Morgan fingerprint density at radius 1 is 1.54 bits per heavy atom. The van der Waals surface area contributed by atoms with Crippen molar-refractivity contribution in [3.63, 3.8) is 0 Å². The lowest BCUT2D eigenvalue weighted by atomic mass is 10.3. The minimum atomic E-state index is -0.407. The molecule has 0 saturated carbocycles. The molecule has 1 aromatic heterocycles. The minimum absolute atomic E-state index is 0.238. The van der Waals surface area contributed by atoms with Gasteiger partial charge in [0.15, 0.2) is 4.47 Å². The molecule has 3 nitrogen and oxygen atoms in total. The molecule has 0 spiro atoms. The van der Waals surface area contributed by atoms with Gasteiger partial charge in [0.1, 0.15) is 11.5 Å². The van der Waals surface area contributed by atoms with Crippen molar-refractivity contribution in [1.29, 1.82) is 0 Å². The normalized spacial score (nSPS) is 10.7. The van der Waals surface area contributed by atoms with E-state index in [0.29, 0.717) is 14.7 Å². The Morgan fingerprint density at radius 3 is 3.00 bits per heavy atom. The van der Waals surface area contributed by atoms with E-state index in [2.05, 4.69) is 10.4 Å². The second-order valence-corrected chi connectivity index (χ2v) is 3.96. The highest BCUT2D eigenvalue weighted by molar-refractivity contribution is 7.22. The van der Waals surface area contributed by atoms with Gasteiger partial charge in [-0.1, -0.05) is 11.6 Å². The number of hydrogen-bond acceptors (Lipinski definition) is 4. The maximum Gasteiger partial charge on any atom is 0.184 e. The van der Waals surface area contributed by atoms with Gasteiger partial charge in [0, 0.05) is 0 Å². The number of nitrogen functional groups attached to an aromatic ring is 1. The molecule has 0 bridgehead atoms. The topological polar surface area (TPSA) is 50.9 Å². The third kappa shape index (κ3) is 1.35. The summed E-state index contributed by atoms with van der Waals surface area (Å²) in [7, 11) is 0. The van der Waals surface area contributed by atoms with Gasteiger partial charge in [-0.25, -0.2) is 9.37 Å². The standard InChI is InChI=1S/C7H5ClFN3S/c8-7-11-4-2-1-3(9)5(12-10)6(4)13-7/h1-2,12H,10H2. The zero-order valence-corrected chi connectivity index (χ0v) is 7.92. The summed E-state index contributed by atoms with van der Waals surface area (Å²) in [4.78, 5) is 3.98. The van der Waals surface area contributed by atoms with Crippen molar-refractivity contribution < 1.29 is 4.39 Å². The first-order valence-electron chi connectivity index (χ1n) is 3.43. The molecule has 1 heterocycles. The Labute approximate surface area is 82.3 Å². The van der Waals surface area contributed by atoms with E-state index in [1.807, 2.05) is 0 Å². The highest BCUT2D eigenvalue weighted by atomic mass is 35.5. The molecule has 0 unspecified atom stereocenters. The van der Waals surface area contributed by atoms with Crippen molar-refractivity contribution in [3.8, 4) is 0 Å². The van der Waals surface area contributed by atoms with Crippen LogP contribution in [0.5, 0.6) is 0 Å². The number of benzene rings is 1. The zero-order valence-electron chi connectivity index (χ0n) is 6.34. The lowest BCUT2D eigenvalue weighted by Crippen LogP contribution is -2.08. The van der Waals surface area contributed by atoms with E-state index in [-0.39, 0.29) is 5.69 Å². The summed E-state index contributed by atoms with van der Waals surface area (Å²) in [6, 6.07) is 2.86. The van der Waals surface area contributed by atoms with Crippen LogP contribution in [0.2, 0.25) is 4.47 Å². The van der Waals surface area contributed by atoms with Crippen molar-refractivity contribution in [2.75, 3.05) is 5.43 Å². The summed E-state index contributed by atoms with van der Waals surface area (Å²) in [5.41, 5.74) is 3.17. The van der Waals surface area contributed by atoms with Crippen LogP contribution in [0.1, 0.15) is 0 Å². The smallest absolute Gasteiger partial charge is 0.184 e. The number of rotatable bonds is 1. The van der Waals surface area contributed by atoms with Gasteiger partial charge < -0.3 is 5.43 Å². The molecule has 0 fully saturated rings. The Kier molecular flexibility index (Phi) is 2.07. The Hall–Kier alpha value is -0.910. The third-order valence-corrected chi connectivity index (χ3v) is 2.82. The number of nitrogens with two attached hydrogens (primary N) is 1. The van der Waals surface area contributed by atoms with Crippen LogP contribution in [0.3, 0.4) is 0 Å². The van der Waals surface area contributed by atoms with Gasteiger partial charge in [-0.3, -0.25) is 5.84 Å². The SMILES string of the molecule is NNc1c(F)ccc2nc(Cl)sc12. The van der Waals surface area contributed by atoms with Gasteiger partial charge in [-0.05, 0) is 12.1 Å². The molecule has 0 saturated heterocycles. The predicted molar refractivity (Wildman–Crippen MR) is 52.4 cm³/mol. The predicted octanol–water partition coefficient (Wildman–Crippen LogP) is 2.37. The van der Waals surface area contributed by atoms with E-state index in [0.717, 1.165) is 0 Å². The molecule has 6 heteroatoms. The van der Waals surface area contributed by atoms with Crippen LogP contribution in [0.25, 0.3) is 10.2 Å². The first-order valence-corrected chi connectivity index (χ1v) is 4.63. The van der Waals surface area contributed by atoms with Gasteiger partial charge in [0.05, 0.1) is 10.2 Å². The van der Waals surface area contributed by atoms with Crippen LogP contribution in [0.15, 0.2) is 12.1 Å².